The molecule has 4 N–H and O–H groups in total. The summed E-state index contributed by atoms with van der Waals surface area (Å²) in [6, 6.07) is 9.20. The maximum Gasteiger partial charge on any atom is 0.237 e. The van der Waals surface area contributed by atoms with Crippen LogP contribution >= 0.6 is 0 Å². The van der Waals surface area contributed by atoms with Crippen molar-refractivity contribution >= 4 is 5.91 Å². The zero-order chi connectivity index (χ0) is 12.8. The second-order valence-electron chi connectivity index (χ2n) is 4.12. The van der Waals surface area contributed by atoms with E-state index in [1.54, 1.807) is 12.4 Å². The van der Waals surface area contributed by atoms with E-state index in [2.05, 4.69) is 15.5 Å². The van der Waals surface area contributed by atoms with E-state index in [-0.39, 0.29) is 5.91 Å². The summed E-state index contributed by atoms with van der Waals surface area (Å²) in [5, 5.41) is 9.28. The lowest BCUT2D eigenvalue weighted by molar-refractivity contribution is -0.122. The quantitative estimate of drug-likeness (QED) is 0.720. The van der Waals surface area contributed by atoms with E-state index in [0.29, 0.717) is 13.0 Å². The first-order valence-electron chi connectivity index (χ1n) is 5.80. The van der Waals surface area contributed by atoms with Crippen LogP contribution in [0.25, 0.3) is 0 Å². The number of amides is 1. The predicted octanol–water partition coefficient (Wildman–Crippen LogP) is 0.596. The number of benzene rings is 1. The van der Waals surface area contributed by atoms with Gasteiger partial charge in [-0.1, -0.05) is 30.3 Å². The molecule has 2 aromatic rings. The van der Waals surface area contributed by atoms with Crippen LogP contribution in [0, 0.1) is 0 Å². The van der Waals surface area contributed by atoms with Crippen molar-refractivity contribution in [1.82, 2.24) is 15.5 Å². The standard InChI is InChI=1S/C13H16N4O/c14-12(6-10-4-2-1-3-5-10)13(18)15-7-11-8-16-17-9-11/h1-5,8-9,12H,6-7,14H2,(H,15,18)(H,16,17)/t12-/m0/s1. The molecule has 0 spiro atoms. The summed E-state index contributed by atoms with van der Waals surface area (Å²) in [6.45, 7) is 0.442. The average molecular weight is 244 g/mol. The fourth-order valence-electron chi connectivity index (χ4n) is 1.66. The fraction of sp³-hybridized carbons (Fsp3) is 0.231. The Hall–Kier alpha value is -2.14. The SMILES string of the molecule is N[C@@H](Cc1ccccc1)C(=O)NCc1cn[nH]c1. The molecule has 1 aromatic heterocycles. The van der Waals surface area contributed by atoms with Crippen molar-refractivity contribution in [2.75, 3.05) is 0 Å². The van der Waals surface area contributed by atoms with E-state index in [0.717, 1.165) is 11.1 Å². The van der Waals surface area contributed by atoms with E-state index >= 15 is 0 Å². The van der Waals surface area contributed by atoms with Crippen molar-refractivity contribution in [3.63, 3.8) is 0 Å². The van der Waals surface area contributed by atoms with Crippen molar-refractivity contribution in [2.45, 2.75) is 19.0 Å². The van der Waals surface area contributed by atoms with Crippen LogP contribution in [0.2, 0.25) is 0 Å². The van der Waals surface area contributed by atoms with E-state index in [1.165, 1.54) is 0 Å². The summed E-state index contributed by atoms with van der Waals surface area (Å²) in [7, 11) is 0. The molecular weight excluding hydrogens is 228 g/mol. The van der Waals surface area contributed by atoms with Gasteiger partial charge in [-0.2, -0.15) is 5.10 Å². The van der Waals surface area contributed by atoms with E-state index in [9.17, 15) is 4.79 Å². The Morgan fingerprint density at radius 1 is 1.33 bits per heavy atom. The van der Waals surface area contributed by atoms with Gasteiger partial charge in [0.1, 0.15) is 0 Å². The first-order chi connectivity index (χ1) is 8.75. The average Bonchev–Trinajstić information content (AvgIpc) is 2.90. The van der Waals surface area contributed by atoms with Gasteiger partial charge in [-0.25, -0.2) is 0 Å². The van der Waals surface area contributed by atoms with Crippen LogP contribution in [0.4, 0.5) is 0 Å². The molecule has 1 heterocycles. The minimum atomic E-state index is -0.528. The Kier molecular flexibility index (Phi) is 4.09. The Labute approximate surface area is 105 Å². The van der Waals surface area contributed by atoms with Gasteiger partial charge >= 0.3 is 0 Å². The summed E-state index contributed by atoms with van der Waals surface area (Å²) in [4.78, 5) is 11.8. The van der Waals surface area contributed by atoms with Crippen LogP contribution in [-0.4, -0.2) is 22.1 Å². The zero-order valence-electron chi connectivity index (χ0n) is 9.97. The number of carbonyl (C=O) groups is 1. The lowest BCUT2D eigenvalue weighted by Crippen LogP contribution is -2.41. The van der Waals surface area contributed by atoms with Crippen LogP contribution in [-0.2, 0) is 17.8 Å². The number of nitrogens with zero attached hydrogens (tertiary/aromatic N) is 1. The monoisotopic (exact) mass is 244 g/mol. The lowest BCUT2D eigenvalue weighted by Gasteiger charge is -2.11. The summed E-state index contributed by atoms with van der Waals surface area (Å²) < 4.78 is 0. The maximum atomic E-state index is 11.8. The second kappa shape index (κ2) is 5.97. The second-order valence-corrected chi connectivity index (χ2v) is 4.12. The molecule has 94 valence electrons. The van der Waals surface area contributed by atoms with Crippen molar-refractivity contribution < 1.29 is 4.79 Å². The van der Waals surface area contributed by atoms with Gasteiger partial charge in [-0.3, -0.25) is 9.89 Å². The van der Waals surface area contributed by atoms with Crippen molar-refractivity contribution in [3.05, 3.63) is 53.9 Å². The zero-order valence-corrected chi connectivity index (χ0v) is 9.97. The molecule has 0 saturated heterocycles. The summed E-state index contributed by atoms with van der Waals surface area (Å²) in [6.07, 6.45) is 3.95. The Bertz CT molecular complexity index is 481. The number of aromatic nitrogens is 2. The lowest BCUT2D eigenvalue weighted by atomic mass is 10.1. The number of H-pyrrole nitrogens is 1. The number of aromatic amines is 1. The van der Waals surface area contributed by atoms with Crippen LogP contribution in [0.1, 0.15) is 11.1 Å². The van der Waals surface area contributed by atoms with Crippen molar-refractivity contribution in [1.29, 1.82) is 0 Å². The molecule has 1 aromatic carbocycles. The summed E-state index contributed by atoms with van der Waals surface area (Å²) >= 11 is 0. The van der Waals surface area contributed by atoms with Gasteiger partial charge in [-0.05, 0) is 12.0 Å². The minimum absolute atomic E-state index is 0.153. The molecule has 0 aliphatic rings. The van der Waals surface area contributed by atoms with E-state index in [1.807, 2.05) is 30.3 Å². The van der Waals surface area contributed by atoms with Gasteiger partial charge in [0.15, 0.2) is 0 Å². The molecule has 1 amide bonds. The minimum Gasteiger partial charge on any atom is -0.351 e. The molecule has 0 aliphatic carbocycles. The third-order valence-corrected chi connectivity index (χ3v) is 2.66. The van der Waals surface area contributed by atoms with Gasteiger partial charge in [-0.15, -0.1) is 0 Å². The fourth-order valence-corrected chi connectivity index (χ4v) is 1.66. The number of nitrogens with one attached hydrogen (secondary N) is 2. The Morgan fingerprint density at radius 2 is 2.11 bits per heavy atom. The van der Waals surface area contributed by atoms with Crippen molar-refractivity contribution in [3.8, 4) is 0 Å². The third kappa shape index (κ3) is 3.43. The summed E-state index contributed by atoms with van der Waals surface area (Å²) in [5.74, 6) is -0.153. The highest BCUT2D eigenvalue weighted by molar-refractivity contribution is 5.81. The molecule has 5 heteroatoms. The van der Waals surface area contributed by atoms with Gasteiger partial charge in [0, 0.05) is 18.3 Å². The first kappa shape index (κ1) is 12.3. The molecule has 5 nitrogen and oxygen atoms in total. The predicted molar refractivity (Wildman–Crippen MR) is 68.6 cm³/mol. The maximum absolute atomic E-state index is 11.8. The molecule has 0 aliphatic heterocycles. The largest absolute Gasteiger partial charge is 0.351 e. The molecule has 2 rings (SSSR count). The van der Waals surface area contributed by atoms with Crippen LogP contribution in [0.5, 0.6) is 0 Å². The molecule has 0 unspecified atom stereocenters. The normalized spacial score (nSPS) is 12.1. The molecule has 0 saturated carbocycles. The van der Waals surface area contributed by atoms with E-state index < -0.39 is 6.04 Å². The van der Waals surface area contributed by atoms with Crippen LogP contribution in [0.3, 0.4) is 0 Å². The highest BCUT2D eigenvalue weighted by Gasteiger charge is 2.13. The molecular formula is C13H16N4O. The third-order valence-electron chi connectivity index (χ3n) is 2.66. The topological polar surface area (TPSA) is 83.8 Å². The Morgan fingerprint density at radius 3 is 2.78 bits per heavy atom. The Balaban J connectivity index is 1.82. The van der Waals surface area contributed by atoms with Crippen molar-refractivity contribution in [2.24, 2.45) is 5.73 Å². The number of nitrogens with two attached hydrogens (primary N) is 1. The number of hydrogen-bond donors (Lipinski definition) is 3. The first-order valence-corrected chi connectivity index (χ1v) is 5.80. The molecule has 0 radical (unpaired) electrons. The summed E-state index contributed by atoms with van der Waals surface area (Å²) in [5.41, 5.74) is 7.84. The smallest absolute Gasteiger partial charge is 0.237 e. The highest BCUT2D eigenvalue weighted by Crippen LogP contribution is 2.02. The molecule has 18 heavy (non-hydrogen) atoms. The number of carbonyl (C=O) groups excluding carboxylic acids is 1. The molecule has 1 atom stereocenters. The number of rotatable bonds is 5. The van der Waals surface area contributed by atoms with Gasteiger partial charge < -0.3 is 11.1 Å². The van der Waals surface area contributed by atoms with Crippen LogP contribution in [0.15, 0.2) is 42.7 Å². The van der Waals surface area contributed by atoms with Gasteiger partial charge in [0.05, 0.1) is 12.2 Å². The van der Waals surface area contributed by atoms with E-state index in [4.69, 9.17) is 5.73 Å². The van der Waals surface area contributed by atoms with Gasteiger partial charge in [0.2, 0.25) is 5.91 Å². The number of hydrogen-bond acceptors (Lipinski definition) is 3. The highest BCUT2D eigenvalue weighted by atomic mass is 16.2. The molecule has 0 bridgehead atoms. The van der Waals surface area contributed by atoms with Crippen LogP contribution < -0.4 is 11.1 Å². The molecule has 0 fully saturated rings. The van der Waals surface area contributed by atoms with Gasteiger partial charge in [0.25, 0.3) is 0 Å².